The topological polar surface area (TPSA) is 104 Å². The average Bonchev–Trinajstić information content (AvgIpc) is 3.55. The number of ether oxygens (including phenoxy) is 1. The third-order valence-corrected chi connectivity index (χ3v) is 10.1. The summed E-state index contributed by atoms with van der Waals surface area (Å²) in [7, 11) is 5.92. The first-order valence-corrected chi connectivity index (χ1v) is 15.0. The monoisotopic (exact) mass is 530 g/mol. The lowest BCUT2D eigenvalue weighted by Crippen LogP contribution is -2.52. The number of rotatable bonds is 10. The Kier molecular flexibility index (Phi) is 9.37. The average molecular weight is 531 g/mol. The number of fused-ring (bicyclic) bond motifs is 1. The van der Waals surface area contributed by atoms with Crippen molar-refractivity contribution in [1.82, 2.24) is 19.4 Å². The molecule has 9 nitrogen and oxygen atoms in total. The maximum Gasteiger partial charge on any atom is 0.307 e. The van der Waals surface area contributed by atoms with Crippen LogP contribution in [0.3, 0.4) is 0 Å². The first-order chi connectivity index (χ1) is 17.5. The van der Waals surface area contributed by atoms with Gasteiger partial charge in [-0.3, -0.25) is 14.2 Å². The number of hydrogen-bond donors (Lipinski definition) is 0. The molecule has 0 radical (unpaired) electrons. The van der Waals surface area contributed by atoms with Gasteiger partial charge in [-0.1, -0.05) is 34.9 Å². The number of carbonyl (C=O) groups is 2. The number of anilines is 1. The van der Waals surface area contributed by atoms with Crippen LogP contribution in [0.5, 0.6) is 0 Å². The fraction of sp³-hybridized carbons (Fsp3) is 0.640. The van der Waals surface area contributed by atoms with Gasteiger partial charge in [-0.2, -0.15) is 5.26 Å². The number of likely N-dealkylation sites (tertiary alicyclic amines) is 1. The summed E-state index contributed by atoms with van der Waals surface area (Å²) < 4.78 is 7.36. The molecule has 4 heterocycles. The van der Waals surface area contributed by atoms with Gasteiger partial charge in [-0.15, -0.1) is 0 Å². The number of carbonyl (C=O) groups excluding carboxylic acids is 2. The number of unbranched alkanes of at least 4 members (excludes halogenated alkanes) is 1. The Morgan fingerprint density at radius 1 is 1.31 bits per heavy atom. The summed E-state index contributed by atoms with van der Waals surface area (Å²) in [5, 5.41) is 10.5. The predicted octanol–water partition coefficient (Wildman–Crippen LogP) is 4.23. The zero-order valence-corrected chi connectivity index (χ0v) is 22.6. The number of amides is 1. The van der Waals surface area contributed by atoms with Gasteiger partial charge in [-0.05, 0) is 37.7 Å². The maximum absolute atomic E-state index is 12.3. The van der Waals surface area contributed by atoms with Crippen molar-refractivity contribution in [3.63, 3.8) is 0 Å². The van der Waals surface area contributed by atoms with Crippen molar-refractivity contribution in [3.8, 4) is 6.07 Å². The lowest BCUT2D eigenvalue weighted by Gasteiger charge is -2.42. The SMILES string of the molecule is C[C@@H]1CCN(C(=O)CC#N)C[C@@H]1N(C)c1ncnc2c1ccn2COC(=O)CCCC[C@@H]1CCSS1. The summed E-state index contributed by atoms with van der Waals surface area (Å²) >= 11 is 0. The molecule has 0 aliphatic carbocycles. The molecule has 194 valence electrons. The third kappa shape index (κ3) is 6.45. The quantitative estimate of drug-likeness (QED) is 0.253. The number of hydrogen-bond acceptors (Lipinski definition) is 9. The zero-order chi connectivity index (χ0) is 25.5. The van der Waals surface area contributed by atoms with E-state index in [1.165, 1.54) is 24.9 Å². The second kappa shape index (κ2) is 12.7. The number of piperidine rings is 1. The van der Waals surface area contributed by atoms with Crippen LogP contribution in [0.1, 0.15) is 51.9 Å². The Balaban J connectivity index is 1.35. The van der Waals surface area contributed by atoms with Crippen molar-refractivity contribution in [2.45, 2.75) is 69.9 Å². The van der Waals surface area contributed by atoms with E-state index >= 15 is 0 Å². The minimum absolute atomic E-state index is 0.0712. The van der Waals surface area contributed by atoms with Gasteiger partial charge in [0.15, 0.2) is 6.73 Å². The summed E-state index contributed by atoms with van der Waals surface area (Å²) in [5.41, 5.74) is 0.705. The largest absolute Gasteiger partial charge is 0.444 e. The van der Waals surface area contributed by atoms with Crippen LogP contribution in [-0.4, -0.2) is 68.5 Å². The number of esters is 1. The molecule has 0 saturated carbocycles. The normalized spacial score (nSPS) is 21.9. The van der Waals surface area contributed by atoms with Gasteiger partial charge in [0.05, 0.1) is 17.5 Å². The highest BCUT2D eigenvalue weighted by molar-refractivity contribution is 8.77. The molecule has 0 aromatic carbocycles. The van der Waals surface area contributed by atoms with Crippen molar-refractivity contribution in [2.75, 3.05) is 30.8 Å². The summed E-state index contributed by atoms with van der Waals surface area (Å²) in [6, 6.07) is 3.97. The second-order valence-corrected chi connectivity index (χ2v) is 12.3. The molecule has 2 fully saturated rings. The zero-order valence-electron chi connectivity index (χ0n) is 21.0. The highest BCUT2D eigenvalue weighted by Crippen LogP contribution is 2.40. The molecule has 11 heteroatoms. The van der Waals surface area contributed by atoms with Crippen molar-refractivity contribution < 1.29 is 14.3 Å². The minimum Gasteiger partial charge on any atom is -0.444 e. The number of likely N-dealkylation sites (N-methyl/N-ethyl adjacent to an activating group) is 1. The fourth-order valence-electron chi connectivity index (χ4n) is 4.91. The van der Waals surface area contributed by atoms with Gasteiger partial charge < -0.3 is 14.5 Å². The molecule has 0 spiro atoms. The molecule has 2 aliphatic rings. The summed E-state index contributed by atoms with van der Waals surface area (Å²) in [6.45, 7) is 3.53. The van der Waals surface area contributed by atoms with Crippen LogP contribution in [0.4, 0.5) is 5.82 Å². The van der Waals surface area contributed by atoms with Crippen molar-refractivity contribution in [2.24, 2.45) is 5.92 Å². The van der Waals surface area contributed by atoms with E-state index in [1.54, 1.807) is 4.90 Å². The van der Waals surface area contributed by atoms with E-state index in [9.17, 15) is 9.59 Å². The van der Waals surface area contributed by atoms with E-state index in [2.05, 4.69) is 21.8 Å². The highest BCUT2D eigenvalue weighted by Gasteiger charge is 2.32. The van der Waals surface area contributed by atoms with Crippen LogP contribution in [0.15, 0.2) is 18.6 Å². The summed E-state index contributed by atoms with van der Waals surface area (Å²) in [5.74, 6) is 2.07. The van der Waals surface area contributed by atoms with Crippen LogP contribution in [0, 0.1) is 17.2 Å². The Bertz CT molecular complexity index is 1100. The molecule has 0 bridgehead atoms. The van der Waals surface area contributed by atoms with Crippen molar-refractivity contribution in [1.29, 1.82) is 5.26 Å². The van der Waals surface area contributed by atoms with E-state index in [4.69, 9.17) is 10.00 Å². The highest BCUT2D eigenvalue weighted by atomic mass is 33.1. The number of aromatic nitrogens is 3. The summed E-state index contributed by atoms with van der Waals surface area (Å²) in [6.07, 6.45) is 8.97. The predicted molar refractivity (Wildman–Crippen MR) is 143 cm³/mol. The van der Waals surface area contributed by atoms with E-state index in [0.29, 0.717) is 31.1 Å². The molecule has 0 N–H and O–H groups in total. The molecule has 3 atom stereocenters. The summed E-state index contributed by atoms with van der Waals surface area (Å²) in [4.78, 5) is 37.5. The Morgan fingerprint density at radius 2 is 2.17 bits per heavy atom. The van der Waals surface area contributed by atoms with Crippen LogP contribution < -0.4 is 4.90 Å². The molecular formula is C25H34N6O3S2. The Morgan fingerprint density at radius 3 is 2.94 bits per heavy atom. The lowest BCUT2D eigenvalue weighted by molar-refractivity contribution is -0.147. The number of nitrogens with zero attached hydrogens (tertiary/aromatic N) is 6. The molecule has 4 rings (SSSR count). The van der Waals surface area contributed by atoms with E-state index in [1.807, 2.05) is 51.5 Å². The van der Waals surface area contributed by atoms with Crippen LogP contribution in [0.2, 0.25) is 0 Å². The molecule has 1 amide bonds. The van der Waals surface area contributed by atoms with Gasteiger partial charge in [0.2, 0.25) is 5.91 Å². The molecule has 2 aromatic rings. The molecular weight excluding hydrogens is 496 g/mol. The molecule has 2 aromatic heterocycles. The van der Waals surface area contributed by atoms with E-state index < -0.39 is 0 Å². The van der Waals surface area contributed by atoms with Crippen molar-refractivity contribution >= 4 is 50.3 Å². The fourth-order valence-corrected chi connectivity index (χ4v) is 7.94. The maximum atomic E-state index is 12.3. The smallest absolute Gasteiger partial charge is 0.307 e. The molecule has 2 aliphatic heterocycles. The van der Waals surface area contributed by atoms with E-state index in [-0.39, 0.29) is 31.1 Å². The Hall–Kier alpha value is -2.45. The van der Waals surface area contributed by atoms with Gasteiger partial charge in [-0.25, -0.2) is 9.97 Å². The van der Waals surface area contributed by atoms with Gasteiger partial charge >= 0.3 is 5.97 Å². The van der Waals surface area contributed by atoms with Crippen molar-refractivity contribution in [3.05, 3.63) is 18.6 Å². The van der Waals surface area contributed by atoms with Gasteiger partial charge in [0.1, 0.15) is 24.2 Å². The molecule has 36 heavy (non-hydrogen) atoms. The van der Waals surface area contributed by atoms with E-state index in [0.717, 1.165) is 35.7 Å². The molecule has 0 unspecified atom stereocenters. The van der Waals surface area contributed by atoms with Gasteiger partial charge in [0.25, 0.3) is 0 Å². The lowest BCUT2D eigenvalue weighted by atomic mass is 9.92. The molecule has 2 saturated heterocycles. The standard InChI is InChI=1S/C25H34N6O3S2/c1-18-8-12-30(22(32)7-11-26)15-21(18)29(2)24-20-9-13-31(25(20)28-16-27-24)17-34-23(33)6-4-3-5-19-10-14-35-36-19/h9,13,16,18-19,21H,3-8,10,12,14-15,17H2,1-2H3/t18-,19-,21+/m1/s1. The first-order valence-electron chi connectivity index (χ1n) is 12.6. The first kappa shape index (κ1) is 26.6. The van der Waals surface area contributed by atoms with Crippen LogP contribution in [-0.2, 0) is 21.1 Å². The number of nitriles is 1. The Labute approximate surface area is 220 Å². The van der Waals surface area contributed by atoms with Crippen LogP contribution >= 0.6 is 21.6 Å². The minimum atomic E-state index is -0.185. The third-order valence-electron chi connectivity index (χ3n) is 7.12. The second-order valence-electron chi connectivity index (χ2n) is 9.56. The van der Waals surface area contributed by atoms with Crippen LogP contribution in [0.25, 0.3) is 11.0 Å². The van der Waals surface area contributed by atoms with Gasteiger partial charge in [0, 0.05) is 43.8 Å².